The number of benzene rings is 1. The van der Waals surface area contributed by atoms with Crippen molar-refractivity contribution in [3.8, 4) is 0 Å². The Labute approximate surface area is 114 Å². The highest BCUT2D eigenvalue weighted by atomic mass is 35.5. The fraction of sp³-hybridized carbons (Fsp3) is 0.462. The van der Waals surface area contributed by atoms with Gasteiger partial charge in [-0.15, -0.1) is 12.4 Å². The maximum absolute atomic E-state index is 11.6. The van der Waals surface area contributed by atoms with E-state index in [4.69, 9.17) is 10.5 Å². The van der Waals surface area contributed by atoms with Crippen molar-refractivity contribution in [3.63, 3.8) is 0 Å². The van der Waals surface area contributed by atoms with E-state index in [1.165, 1.54) is 5.56 Å². The van der Waals surface area contributed by atoms with Crippen molar-refractivity contribution in [1.29, 1.82) is 0 Å². The van der Waals surface area contributed by atoms with Crippen LogP contribution >= 0.6 is 12.4 Å². The minimum atomic E-state index is -0.201. The van der Waals surface area contributed by atoms with Crippen LogP contribution in [0.5, 0.6) is 0 Å². The summed E-state index contributed by atoms with van der Waals surface area (Å²) in [5.74, 6) is -0.0390. The quantitative estimate of drug-likeness (QED) is 0.823. The van der Waals surface area contributed by atoms with E-state index in [2.05, 4.69) is 5.32 Å². The molecule has 0 aliphatic carbocycles. The van der Waals surface area contributed by atoms with E-state index < -0.39 is 0 Å². The molecule has 1 rings (SSSR count). The molecular formula is C13H21ClN2O2. The molecule has 0 aliphatic rings. The van der Waals surface area contributed by atoms with Crippen molar-refractivity contribution < 1.29 is 9.53 Å². The molecule has 18 heavy (non-hydrogen) atoms. The Morgan fingerprint density at radius 3 is 2.50 bits per heavy atom. The van der Waals surface area contributed by atoms with Crippen molar-refractivity contribution in [1.82, 2.24) is 5.32 Å². The summed E-state index contributed by atoms with van der Waals surface area (Å²) in [5, 5.41) is 2.84. The largest absolute Gasteiger partial charge is 0.380 e. The van der Waals surface area contributed by atoms with Crippen molar-refractivity contribution in [3.05, 3.63) is 35.4 Å². The Kier molecular flexibility index (Phi) is 8.37. The first-order valence-electron chi connectivity index (χ1n) is 5.70. The van der Waals surface area contributed by atoms with Crippen LogP contribution in [0.4, 0.5) is 0 Å². The van der Waals surface area contributed by atoms with Crippen LogP contribution in [0.15, 0.2) is 24.3 Å². The Hall–Kier alpha value is -1.10. The second-order valence-corrected chi connectivity index (χ2v) is 4.06. The Balaban J connectivity index is 0.00000289. The summed E-state index contributed by atoms with van der Waals surface area (Å²) < 4.78 is 5.05. The van der Waals surface area contributed by atoms with Gasteiger partial charge in [0.1, 0.15) is 0 Å². The first kappa shape index (κ1) is 16.9. The van der Waals surface area contributed by atoms with Crippen molar-refractivity contribution >= 4 is 18.3 Å². The van der Waals surface area contributed by atoms with Crippen LogP contribution < -0.4 is 11.1 Å². The summed E-state index contributed by atoms with van der Waals surface area (Å²) >= 11 is 0. The molecule has 0 heterocycles. The van der Waals surface area contributed by atoms with Crippen LogP contribution in [0, 0.1) is 6.92 Å². The van der Waals surface area contributed by atoms with Gasteiger partial charge in [0.25, 0.3) is 0 Å². The predicted octanol–water partition coefficient (Wildman–Crippen LogP) is 1.40. The lowest BCUT2D eigenvalue weighted by molar-refractivity contribution is -0.123. The zero-order valence-corrected chi connectivity index (χ0v) is 11.6. The van der Waals surface area contributed by atoms with E-state index in [0.29, 0.717) is 19.5 Å². The lowest BCUT2D eigenvalue weighted by Gasteiger charge is -2.12. The predicted molar refractivity (Wildman–Crippen MR) is 74.7 cm³/mol. The molecule has 1 atom stereocenters. The molecule has 0 radical (unpaired) electrons. The van der Waals surface area contributed by atoms with Gasteiger partial charge in [0.15, 0.2) is 0 Å². The van der Waals surface area contributed by atoms with Gasteiger partial charge in [-0.1, -0.05) is 29.8 Å². The summed E-state index contributed by atoms with van der Waals surface area (Å²) in [6, 6.07) is 8.07. The van der Waals surface area contributed by atoms with Gasteiger partial charge in [-0.25, -0.2) is 0 Å². The topological polar surface area (TPSA) is 64.3 Å². The number of methoxy groups -OCH3 is 1. The van der Waals surface area contributed by atoms with Gasteiger partial charge >= 0.3 is 0 Å². The van der Waals surface area contributed by atoms with E-state index in [0.717, 1.165) is 5.56 Å². The maximum Gasteiger partial charge on any atom is 0.222 e. The lowest BCUT2D eigenvalue weighted by atomic mass is 10.1. The molecule has 1 aromatic carbocycles. The van der Waals surface area contributed by atoms with Gasteiger partial charge in [-0.2, -0.15) is 0 Å². The highest BCUT2D eigenvalue weighted by molar-refractivity contribution is 5.85. The van der Waals surface area contributed by atoms with E-state index in [1.807, 2.05) is 31.2 Å². The Morgan fingerprint density at radius 2 is 2.00 bits per heavy atom. The monoisotopic (exact) mass is 272 g/mol. The van der Waals surface area contributed by atoms with Gasteiger partial charge in [-0.3, -0.25) is 4.79 Å². The summed E-state index contributed by atoms with van der Waals surface area (Å²) in [6.07, 6.45) is 0.104. The molecule has 0 saturated heterocycles. The first-order valence-corrected chi connectivity index (χ1v) is 5.70. The van der Waals surface area contributed by atoms with Crippen LogP contribution in [-0.2, 0) is 16.1 Å². The average molecular weight is 273 g/mol. The molecule has 102 valence electrons. The van der Waals surface area contributed by atoms with Gasteiger partial charge in [0.2, 0.25) is 5.91 Å². The minimum Gasteiger partial charge on any atom is -0.380 e. The highest BCUT2D eigenvalue weighted by Gasteiger charge is 2.10. The first-order chi connectivity index (χ1) is 8.15. The molecule has 0 aliphatic heterocycles. The molecular weight excluding hydrogens is 252 g/mol. The third-order valence-electron chi connectivity index (χ3n) is 2.62. The average Bonchev–Trinajstić information content (AvgIpc) is 2.35. The number of carbonyl (C=O) groups is 1. The van der Waals surface area contributed by atoms with Crippen LogP contribution in [0.3, 0.4) is 0 Å². The molecule has 1 amide bonds. The second kappa shape index (κ2) is 8.91. The number of carbonyl (C=O) groups excluding carboxylic acids is 1. The number of hydrogen-bond acceptors (Lipinski definition) is 3. The van der Waals surface area contributed by atoms with Crippen molar-refractivity contribution in [2.75, 3.05) is 13.7 Å². The molecule has 3 N–H and O–H groups in total. The Morgan fingerprint density at radius 1 is 1.39 bits per heavy atom. The second-order valence-electron chi connectivity index (χ2n) is 4.06. The molecule has 0 bridgehead atoms. The third kappa shape index (κ3) is 6.00. The Bertz CT molecular complexity index is 351. The van der Waals surface area contributed by atoms with Crippen LogP contribution in [0.1, 0.15) is 17.5 Å². The number of amides is 1. The van der Waals surface area contributed by atoms with Gasteiger partial charge < -0.3 is 15.8 Å². The summed E-state index contributed by atoms with van der Waals surface area (Å²) in [7, 11) is 1.56. The molecule has 1 aromatic rings. The lowest BCUT2D eigenvalue weighted by Crippen LogP contribution is -2.31. The number of nitrogens with two attached hydrogens (primary N) is 1. The van der Waals surface area contributed by atoms with E-state index in [-0.39, 0.29) is 24.4 Å². The number of hydrogen-bond donors (Lipinski definition) is 2. The fourth-order valence-corrected chi connectivity index (χ4v) is 1.45. The molecule has 5 heteroatoms. The number of aryl methyl sites for hydroxylation is 1. The molecule has 0 fully saturated rings. The van der Waals surface area contributed by atoms with Crippen LogP contribution in [0.2, 0.25) is 0 Å². The zero-order chi connectivity index (χ0) is 12.7. The number of rotatable bonds is 6. The van der Waals surface area contributed by atoms with Gasteiger partial charge in [0.05, 0.1) is 12.5 Å². The highest BCUT2D eigenvalue weighted by Crippen LogP contribution is 2.03. The van der Waals surface area contributed by atoms with E-state index >= 15 is 0 Å². The van der Waals surface area contributed by atoms with Gasteiger partial charge in [-0.05, 0) is 12.5 Å². The standard InChI is InChI=1S/C13H20N2O2.ClH/c1-10-3-5-11(6-4-10)9-15-13(16)7-12(8-14)17-2;/h3-6,12H,7-9,14H2,1-2H3,(H,15,16);1H. The number of halogens is 1. The fourth-order valence-electron chi connectivity index (χ4n) is 1.45. The van der Waals surface area contributed by atoms with Crippen LogP contribution in [0.25, 0.3) is 0 Å². The van der Waals surface area contributed by atoms with E-state index in [1.54, 1.807) is 7.11 Å². The number of nitrogens with one attached hydrogen (secondary N) is 1. The molecule has 1 unspecified atom stereocenters. The number of ether oxygens (including phenoxy) is 1. The molecule has 0 saturated carbocycles. The molecule has 0 spiro atoms. The van der Waals surface area contributed by atoms with E-state index in [9.17, 15) is 4.79 Å². The molecule has 0 aromatic heterocycles. The third-order valence-corrected chi connectivity index (χ3v) is 2.62. The smallest absolute Gasteiger partial charge is 0.222 e. The summed E-state index contributed by atoms with van der Waals surface area (Å²) in [4.78, 5) is 11.6. The van der Waals surface area contributed by atoms with Gasteiger partial charge in [0, 0.05) is 20.2 Å². The van der Waals surface area contributed by atoms with Crippen molar-refractivity contribution in [2.45, 2.75) is 26.0 Å². The van der Waals surface area contributed by atoms with Crippen LogP contribution in [-0.4, -0.2) is 25.7 Å². The minimum absolute atomic E-state index is 0. The SMILES string of the molecule is COC(CN)CC(=O)NCc1ccc(C)cc1.Cl. The zero-order valence-electron chi connectivity index (χ0n) is 10.8. The normalized spacial score (nSPS) is 11.5. The summed E-state index contributed by atoms with van der Waals surface area (Å²) in [5.41, 5.74) is 7.75. The molecule has 4 nitrogen and oxygen atoms in total. The summed E-state index contributed by atoms with van der Waals surface area (Å²) in [6.45, 7) is 2.93. The maximum atomic E-state index is 11.6. The van der Waals surface area contributed by atoms with Crippen molar-refractivity contribution in [2.24, 2.45) is 5.73 Å².